The highest BCUT2D eigenvalue weighted by Gasteiger charge is 2.31. The molecule has 1 aliphatic carbocycles. The third-order valence-electron chi connectivity index (χ3n) is 3.93. The zero-order valence-electron chi connectivity index (χ0n) is 10.5. The molecule has 1 aliphatic heterocycles. The largest absolute Gasteiger partial charge is 0.368 e. The topological polar surface area (TPSA) is 38.3 Å². The molecule has 0 bridgehead atoms. The Labute approximate surface area is 108 Å². The molecule has 98 valence electrons. The smallest absolute Gasteiger partial charge is 0.249 e. The number of ether oxygens (including phenoxy) is 1. The first-order chi connectivity index (χ1) is 8.16. The number of nitrogens with one attached hydrogen (secondary N) is 1. The Morgan fingerprint density at radius 1 is 1.41 bits per heavy atom. The van der Waals surface area contributed by atoms with Gasteiger partial charge < -0.3 is 10.1 Å². The molecule has 0 aromatic heterocycles. The molecule has 4 atom stereocenters. The van der Waals surface area contributed by atoms with Gasteiger partial charge in [0.2, 0.25) is 5.91 Å². The molecule has 0 aromatic rings. The van der Waals surface area contributed by atoms with Gasteiger partial charge in [0.25, 0.3) is 0 Å². The Balaban J connectivity index is 1.72. The maximum Gasteiger partial charge on any atom is 0.249 e. The van der Waals surface area contributed by atoms with E-state index in [0.717, 1.165) is 25.8 Å². The summed E-state index contributed by atoms with van der Waals surface area (Å²) in [5.74, 6) is 0.959. The molecule has 17 heavy (non-hydrogen) atoms. The monoisotopic (exact) mass is 259 g/mol. The normalized spacial score (nSPS) is 38.0. The summed E-state index contributed by atoms with van der Waals surface area (Å²) in [5.41, 5.74) is 0. The SMILES string of the molecule is CC1CCOC1C(=O)NCC1CCCC(Cl)C1. The molecule has 2 fully saturated rings. The highest BCUT2D eigenvalue weighted by Crippen LogP contribution is 2.27. The standard InChI is InChI=1S/C13H22ClNO2/c1-9-5-6-17-12(9)13(16)15-8-10-3-2-4-11(14)7-10/h9-12H,2-8H2,1H3,(H,15,16). The van der Waals surface area contributed by atoms with Crippen molar-refractivity contribution in [3.8, 4) is 0 Å². The number of carbonyl (C=O) groups excluding carboxylic acids is 1. The first kappa shape index (κ1) is 13.2. The number of rotatable bonds is 3. The Kier molecular flexibility index (Phi) is 4.69. The number of carbonyl (C=O) groups is 1. The molecule has 1 saturated carbocycles. The summed E-state index contributed by atoms with van der Waals surface area (Å²) in [6.45, 7) is 3.55. The maximum absolute atomic E-state index is 11.9. The van der Waals surface area contributed by atoms with Crippen LogP contribution in [-0.4, -0.2) is 30.5 Å². The van der Waals surface area contributed by atoms with Gasteiger partial charge in [-0.2, -0.15) is 0 Å². The van der Waals surface area contributed by atoms with Gasteiger partial charge in [-0.25, -0.2) is 0 Å². The molecule has 1 N–H and O–H groups in total. The predicted molar refractivity (Wildman–Crippen MR) is 68.1 cm³/mol. The van der Waals surface area contributed by atoms with Crippen molar-refractivity contribution in [3.05, 3.63) is 0 Å². The van der Waals surface area contributed by atoms with E-state index in [-0.39, 0.29) is 12.0 Å². The van der Waals surface area contributed by atoms with Crippen LogP contribution in [0.4, 0.5) is 0 Å². The van der Waals surface area contributed by atoms with Crippen LogP contribution >= 0.6 is 11.6 Å². The van der Waals surface area contributed by atoms with Gasteiger partial charge in [0.05, 0.1) is 0 Å². The van der Waals surface area contributed by atoms with Gasteiger partial charge in [-0.15, -0.1) is 11.6 Å². The Hall–Kier alpha value is -0.280. The molecule has 3 nitrogen and oxygen atoms in total. The number of amides is 1. The number of halogens is 1. The van der Waals surface area contributed by atoms with Crippen molar-refractivity contribution in [2.45, 2.75) is 50.5 Å². The maximum atomic E-state index is 11.9. The van der Waals surface area contributed by atoms with E-state index in [2.05, 4.69) is 12.2 Å². The van der Waals surface area contributed by atoms with E-state index in [1.807, 2.05) is 0 Å². The van der Waals surface area contributed by atoms with E-state index in [0.29, 0.717) is 23.8 Å². The van der Waals surface area contributed by atoms with Crippen molar-refractivity contribution in [1.82, 2.24) is 5.32 Å². The van der Waals surface area contributed by atoms with Crippen LogP contribution < -0.4 is 5.32 Å². The predicted octanol–water partition coefficient (Wildman–Crippen LogP) is 2.33. The summed E-state index contributed by atoms with van der Waals surface area (Å²) in [6, 6.07) is 0. The summed E-state index contributed by atoms with van der Waals surface area (Å²) < 4.78 is 5.45. The molecule has 2 rings (SSSR count). The van der Waals surface area contributed by atoms with Gasteiger partial charge >= 0.3 is 0 Å². The average molecular weight is 260 g/mol. The fourth-order valence-corrected chi connectivity index (χ4v) is 3.19. The first-order valence-electron chi connectivity index (χ1n) is 6.70. The Morgan fingerprint density at radius 3 is 2.88 bits per heavy atom. The van der Waals surface area contributed by atoms with E-state index in [1.54, 1.807) is 0 Å². The number of hydrogen-bond acceptors (Lipinski definition) is 2. The van der Waals surface area contributed by atoms with Crippen LogP contribution in [-0.2, 0) is 9.53 Å². The third kappa shape index (κ3) is 3.59. The molecule has 2 aliphatic rings. The fraction of sp³-hybridized carbons (Fsp3) is 0.923. The van der Waals surface area contributed by atoms with Crippen LogP contribution in [0.2, 0.25) is 0 Å². The lowest BCUT2D eigenvalue weighted by atomic mass is 9.89. The summed E-state index contributed by atoms with van der Waals surface area (Å²) >= 11 is 6.14. The van der Waals surface area contributed by atoms with Crippen LogP contribution in [0.25, 0.3) is 0 Å². The fourth-order valence-electron chi connectivity index (χ4n) is 2.79. The molecule has 1 saturated heterocycles. The third-order valence-corrected chi connectivity index (χ3v) is 4.33. The van der Waals surface area contributed by atoms with E-state index >= 15 is 0 Å². The highest BCUT2D eigenvalue weighted by atomic mass is 35.5. The summed E-state index contributed by atoms with van der Waals surface area (Å²) in [6.07, 6.45) is 5.28. The quantitative estimate of drug-likeness (QED) is 0.790. The highest BCUT2D eigenvalue weighted by molar-refractivity contribution is 6.20. The minimum absolute atomic E-state index is 0.0618. The van der Waals surface area contributed by atoms with Crippen molar-refractivity contribution in [1.29, 1.82) is 0 Å². The van der Waals surface area contributed by atoms with Crippen molar-refractivity contribution < 1.29 is 9.53 Å². The van der Waals surface area contributed by atoms with Crippen LogP contribution in [0, 0.1) is 11.8 Å². The van der Waals surface area contributed by atoms with Crippen molar-refractivity contribution in [2.24, 2.45) is 11.8 Å². The van der Waals surface area contributed by atoms with Gasteiger partial charge in [0.15, 0.2) is 0 Å². The molecular weight excluding hydrogens is 238 g/mol. The summed E-state index contributed by atoms with van der Waals surface area (Å²) in [5, 5.41) is 3.32. The van der Waals surface area contributed by atoms with Crippen molar-refractivity contribution in [2.75, 3.05) is 13.2 Å². The lowest BCUT2D eigenvalue weighted by molar-refractivity contribution is -0.131. The van der Waals surface area contributed by atoms with Gasteiger partial charge in [-0.3, -0.25) is 4.79 Å². The van der Waals surface area contributed by atoms with E-state index < -0.39 is 0 Å². The number of alkyl halides is 1. The summed E-state index contributed by atoms with van der Waals surface area (Å²) in [7, 11) is 0. The molecule has 1 heterocycles. The molecule has 4 heteroatoms. The lowest BCUT2D eigenvalue weighted by Gasteiger charge is -2.26. The first-order valence-corrected chi connectivity index (χ1v) is 7.14. The lowest BCUT2D eigenvalue weighted by Crippen LogP contribution is -2.40. The number of hydrogen-bond donors (Lipinski definition) is 1. The zero-order valence-corrected chi connectivity index (χ0v) is 11.2. The van der Waals surface area contributed by atoms with Crippen LogP contribution in [0.3, 0.4) is 0 Å². The molecule has 4 unspecified atom stereocenters. The van der Waals surface area contributed by atoms with Crippen LogP contribution in [0.5, 0.6) is 0 Å². The second-order valence-electron chi connectivity index (χ2n) is 5.43. The summed E-state index contributed by atoms with van der Waals surface area (Å²) in [4.78, 5) is 11.9. The van der Waals surface area contributed by atoms with Gasteiger partial charge in [0, 0.05) is 18.5 Å². The van der Waals surface area contributed by atoms with Gasteiger partial charge in [-0.1, -0.05) is 13.3 Å². The average Bonchev–Trinajstić information content (AvgIpc) is 2.72. The molecular formula is C13H22ClNO2. The molecule has 0 radical (unpaired) electrons. The minimum Gasteiger partial charge on any atom is -0.368 e. The van der Waals surface area contributed by atoms with Crippen molar-refractivity contribution in [3.63, 3.8) is 0 Å². The van der Waals surface area contributed by atoms with Crippen LogP contribution in [0.1, 0.15) is 39.0 Å². The van der Waals surface area contributed by atoms with E-state index in [4.69, 9.17) is 16.3 Å². The minimum atomic E-state index is -0.231. The Bertz CT molecular complexity index is 272. The molecule has 0 spiro atoms. The Morgan fingerprint density at radius 2 is 2.24 bits per heavy atom. The molecule has 1 amide bonds. The second kappa shape index (κ2) is 6.05. The van der Waals surface area contributed by atoms with Crippen molar-refractivity contribution >= 4 is 17.5 Å². The van der Waals surface area contributed by atoms with Gasteiger partial charge in [0.1, 0.15) is 6.10 Å². The van der Waals surface area contributed by atoms with Crippen LogP contribution in [0.15, 0.2) is 0 Å². The van der Waals surface area contributed by atoms with Gasteiger partial charge in [-0.05, 0) is 37.5 Å². The zero-order chi connectivity index (χ0) is 12.3. The molecule has 0 aromatic carbocycles. The van der Waals surface area contributed by atoms with E-state index in [1.165, 1.54) is 12.8 Å². The van der Waals surface area contributed by atoms with E-state index in [9.17, 15) is 4.79 Å². The second-order valence-corrected chi connectivity index (χ2v) is 6.05.